The van der Waals surface area contributed by atoms with Crippen molar-refractivity contribution in [2.45, 2.75) is 32.6 Å². The summed E-state index contributed by atoms with van der Waals surface area (Å²) in [5.41, 5.74) is 7.84. The number of para-hydroxylation sites is 2. The third-order valence-corrected chi connectivity index (χ3v) is 6.55. The van der Waals surface area contributed by atoms with Crippen LogP contribution < -0.4 is 0 Å². The van der Waals surface area contributed by atoms with E-state index in [0.717, 1.165) is 6.42 Å². The molecule has 0 unspecified atom stereocenters. The van der Waals surface area contributed by atoms with Crippen LogP contribution >= 0.6 is 0 Å². The van der Waals surface area contributed by atoms with Crippen LogP contribution in [0.4, 0.5) is 0 Å². The third-order valence-electron chi connectivity index (χ3n) is 6.55. The molecule has 0 fully saturated rings. The normalized spacial score (nSPS) is 12.0. The summed E-state index contributed by atoms with van der Waals surface area (Å²) in [6.07, 6.45) is 1.12. The van der Waals surface area contributed by atoms with Crippen molar-refractivity contribution in [3.05, 3.63) is 103 Å². The van der Waals surface area contributed by atoms with E-state index in [0.29, 0.717) is 0 Å². The van der Waals surface area contributed by atoms with Gasteiger partial charge in [-0.25, -0.2) is 0 Å². The average molecular weight is 390 g/mol. The van der Waals surface area contributed by atoms with E-state index in [1.807, 2.05) is 0 Å². The first-order chi connectivity index (χ1) is 14.6. The van der Waals surface area contributed by atoms with Crippen LogP contribution in [0.25, 0.3) is 38.6 Å². The molecular weight excluding hydrogens is 362 g/mol. The van der Waals surface area contributed by atoms with Crippen molar-refractivity contribution in [3.63, 3.8) is 0 Å². The fourth-order valence-electron chi connectivity index (χ4n) is 4.43. The molecular formula is C29H27N. The van der Waals surface area contributed by atoms with Crippen LogP contribution in [-0.4, -0.2) is 4.57 Å². The van der Waals surface area contributed by atoms with Crippen LogP contribution in [0.3, 0.4) is 0 Å². The first kappa shape index (κ1) is 18.7. The summed E-state index contributed by atoms with van der Waals surface area (Å²) >= 11 is 0. The summed E-state index contributed by atoms with van der Waals surface area (Å²) in [7, 11) is 0. The molecule has 1 nitrogen and oxygen atoms in total. The van der Waals surface area contributed by atoms with E-state index >= 15 is 0 Å². The van der Waals surface area contributed by atoms with Crippen molar-refractivity contribution in [1.29, 1.82) is 0 Å². The molecule has 0 aliphatic heterocycles. The van der Waals surface area contributed by atoms with Gasteiger partial charge in [-0.15, -0.1) is 0 Å². The van der Waals surface area contributed by atoms with Crippen LogP contribution in [0, 0.1) is 0 Å². The van der Waals surface area contributed by atoms with Gasteiger partial charge in [-0.2, -0.15) is 0 Å². The number of hydrogen-bond donors (Lipinski definition) is 0. The SMILES string of the molecule is CCC(C)(C)c1cccc(-c2cccc3c2c2ccccc2n3-c2ccccc2)c1. The second-order valence-electron chi connectivity index (χ2n) is 8.71. The molecule has 30 heavy (non-hydrogen) atoms. The second kappa shape index (κ2) is 7.18. The highest BCUT2D eigenvalue weighted by atomic mass is 15.0. The number of benzene rings is 4. The molecule has 1 heteroatoms. The maximum atomic E-state index is 2.38. The lowest BCUT2D eigenvalue weighted by Crippen LogP contribution is -2.15. The van der Waals surface area contributed by atoms with Gasteiger partial charge in [0.15, 0.2) is 0 Å². The lowest BCUT2D eigenvalue weighted by molar-refractivity contribution is 0.506. The van der Waals surface area contributed by atoms with Gasteiger partial charge in [0.05, 0.1) is 11.0 Å². The van der Waals surface area contributed by atoms with Crippen LogP contribution in [0.15, 0.2) is 97.1 Å². The molecule has 0 aliphatic rings. The highest BCUT2D eigenvalue weighted by Gasteiger charge is 2.20. The Hall–Kier alpha value is -3.32. The number of rotatable bonds is 4. The topological polar surface area (TPSA) is 4.93 Å². The molecule has 0 bridgehead atoms. The maximum absolute atomic E-state index is 2.38. The Labute approximate surface area is 178 Å². The van der Waals surface area contributed by atoms with Gasteiger partial charge >= 0.3 is 0 Å². The minimum atomic E-state index is 0.169. The fourth-order valence-corrected chi connectivity index (χ4v) is 4.43. The molecule has 0 aliphatic carbocycles. The molecule has 0 atom stereocenters. The molecule has 0 saturated heterocycles. The maximum Gasteiger partial charge on any atom is 0.0547 e. The van der Waals surface area contributed by atoms with Crippen molar-refractivity contribution < 1.29 is 0 Å². The lowest BCUT2D eigenvalue weighted by Gasteiger charge is -2.24. The van der Waals surface area contributed by atoms with Crippen LogP contribution in [-0.2, 0) is 5.41 Å². The second-order valence-corrected chi connectivity index (χ2v) is 8.71. The van der Waals surface area contributed by atoms with Gasteiger partial charge in [0.2, 0.25) is 0 Å². The predicted octanol–water partition coefficient (Wildman–Crippen LogP) is 8.14. The van der Waals surface area contributed by atoms with Crippen molar-refractivity contribution in [2.75, 3.05) is 0 Å². The number of fused-ring (bicyclic) bond motifs is 3. The molecule has 0 saturated carbocycles. The average Bonchev–Trinajstić information content (AvgIpc) is 3.14. The first-order valence-corrected chi connectivity index (χ1v) is 10.8. The summed E-state index contributed by atoms with van der Waals surface area (Å²) in [6, 6.07) is 35.2. The smallest absolute Gasteiger partial charge is 0.0547 e. The highest BCUT2D eigenvalue weighted by molar-refractivity contribution is 6.15. The fraction of sp³-hybridized carbons (Fsp3) is 0.172. The molecule has 0 spiro atoms. The van der Waals surface area contributed by atoms with E-state index in [1.54, 1.807) is 0 Å². The monoisotopic (exact) mass is 389 g/mol. The molecule has 0 amide bonds. The third kappa shape index (κ3) is 2.93. The van der Waals surface area contributed by atoms with E-state index in [9.17, 15) is 0 Å². The summed E-state index contributed by atoms with van der Waals surface area (Å²) < 4.78 is 2.38. The van der Waals surface area contributed by atoms with E-state index < -0.39 is 0 Å². The Bertz CT molecular complexity index is 1340. The number of nitrogens with zero attached hydrogens (tertiary/aromatic N) is 1. The van der Waals surface area contributed by atoms with Gasteiger partial charge in [0, 0.05) is 16.5 Å². The highest BCUT2D eigenvalue weighted by Crippen LogP contribution is 2.39. The standard InChI is InChI=1S/C29H27N/c1-4-29(2,3)22-13-10-12-21(20-22)24-17-11-19-27-28(24)25-16-8-9-18-26(25)30(27)23-14-6-5-7-15-23/h5-20H,4H2,1-3H3. The van der Waals surface area contributed by atoms with Gasteiger partial charge in [-0.3, -0.25) is 0 Å². The molecule has 1 heterocycles. The molecule has 4 aromatic carbocycles. The van der Waals surface area contributed by atoms with Gasteiger partial charge in [0.25, 0.3) is 0 Å². The van der Waals surface area contributed by atoms with Crippen molar-refractivity contribution >= 4 is 21.8 Å². The van der Waals surface area contributed by atoms with E-state index in [1.165, 1.54) is 44.2 Å². The first-order valence-electron chi connectivity index (χ1n) is 10.8. The van der Waals surface area contributed by atoms with Crippen molar-refractivity contribution in [2.24, 2.45) is 0 Å². The minimum Gasteiger partial charge on any atom is -0.309 e. The quantitative estimate of drug-likeness (QED) is 0.292. The molecule has 0 N–H and O–H groups in total. The number of aromatic nitrogens is 1. The summed E-state index contributed by atoms with van der Waals surface area (Å²) in [5.74, 6) is 0. The van der Waals surface area contributed by atoms with Gasteiger partial charge < -0.3 is 4.57 Å². The van der Waals surface area contributed by atoms with E-state index in [2.05, 4.69) is 122 Å². The Balaban J connectivity index is 1.84. The van der Waals surface area contributed by atoms with E-state index in [-0.39, 0.29) is 5.41 Å². The van der Waals surface area contributed by atoms with E-state index in [4.69, 9.17) is 0 Å². The Morgan fingerprint density at radius 2 is 1.40 bits per heavy atom. The Morgan fingerprint density at radius 3 is 2.20 bits per heavy atom. The zero-order chi connectivity index (χ0) is 20.7. The Morgan fingerprint density at radius 1 is 0.700 bits per heavy atom. The van der Waals surface area contributed by atoms with Gasteiger partial charge in [0.1, 0.15) is 0 Å². The minimum absolute atomic E-state index is 0.169. The van der Waals surface area contributed by atoms with Gasteiger partial charge in [-0.05, 0) is 52.8 Å². The largest absolute Gasteiger partial charge is 0.309 e. The molecule has 1 aromatic heterocycles. The molecule has 5 rings (SSSR count). The lowest BCUT2D eigenvalue weighted by atomic mass is 9.81. The molecule has 0 radical (unpaired) electrons. The number of hydrogen-bond acceptors (Lipinski definition) is 0. The van der Waals surface area contributed by atoms with Crippen molar-refractivity contribution in [1.82, 2.24) is 4.57 Å². The van der Waals surface area contributed by atoms with Crippen LogP contribution in [0.5, 0.6) is 0 Å². The zero-order valence-electron chi connectivity index (χ0n) is 17.9. The summed E-state index contributed by atoms with van der Waals surface area (Å²) in [4.78, 5) is 0. The summed E-state index contributed by atoms with van der Waals surface area (Å²) in [6.45, 7) is 6.92. The molecule has 148 valence electrons. The van der Waals surface area contributed by atoms with Crippen LogP contribution in [0.1, 0.15) is 32.8 Å². The van der Waals surface area contributed by atoms with Crippen molar-refractivity contribution in [3.8, 4) is 16.8 Å². The molecule has 5 aromatic rings. The Kier molecular flexibility index (Phi) is 4.47. The zero-order valence-corrected chi connectivity index (χ0v) is 17.9. The summed E-state index contributed by atoms with van der Waals surface area (Å²) in [5, 5.41) is 2.62. The van der Waals surface area contributed by atoms with Crippen LogP contribution in [0.2, 0.25) is 0 Å². The predicted molar refractivity (Wildman–Crippen MR) is 130 cm³/mol. The van der Waals surface area contributed by atoms with Gasteiger partial charge in [-0.1, -0.05) is 93.6 Å².